The highest BCUT2D eigenvalue weighted by Crippen LogP contribution is 2.17. The minimum Gasteiger partial charge on any atom is -0.481 e. The Kier molecular flexibility index (Phi) is 6.21. The molecule has 2 atom stereocenters. The zero-order valence-corrected chi connectivity index (χ0v) is 14.1. The Balaban J connectivity index is 1.80. The van der Waals surface area contributed by atoms with E-state index in [1.165, 1.54) is 5.56 Å². The molecule has 1 N–H and O–H groups in total. The Morgan fingerprint density at radius 2 is 1.70 bits per heavy atom. The fourth-order valence-electron chi connectivity index (χ4n) is 2.39. The molecule has 0 aliphatic heterocycles. The third kappa shape index (κ3) is 5.44. The number of hydrogen-bond donors (Lipinski definition) is 1. The van der Waals surface area contributed by atoms with Crippen molar-refractivity contribution in [1.82, 2.24) is 5.32 Å². The van der Waals surface area contributed by atoms with Gasteiger partial charge in [-0.1, -0.05) is 48.5 Å². The second-order valence-electron chi connectivity index (χ2n) is 5.96. The van der Waals surface area contributed by atoms with E-state index in [1.807, 2.05) is 56.3 Å². The first-order chi connectivity index (χ1) is 11.1. The molecule has 2 rings (SSSR count). The second kappa shape index (κ2) is 8.37. The van der Waals surface area contributed by atoms with Gasteiger partial charge in [0, 0.05) is 6.04 Å². The van der Waals surface area contributed by atoms with Crippen LogP contribution in [-0.2, 0) is 11.2 Å². The lowest BCUT2D eigenvalue weighted by atomic mass is 10.1. The molecule has 0 saturated carbocycles. The first-order valence-corrected chi connectivity index (χ1v) is 8.13. The van der Waals surface area contributed by atoms with E-state index in [9.17, 15) is 4.79 Å². The van der Waals surface area contributed by atoms with Crippen LogP contribution in [0.15, 0.2) is 54.6 Å². The molecule has 3 heteroatoms. The van der Waals surface area contributed by atoms with E-state index in [4.69, 9.17) is 4.74 Å². The summed E-state index contributed by atoms with van der Waals surface area (Å²) in [7, 11) is 0. The fraction of sp³-hybridized carbons (Fsp3) is 0.350. The van der Waals surface area contributed by atoms with E-state index in [1.54, 1.807) is 6.92 Å². The Morgan fingerprint density at radius 1 is 1.04 bits per heavy atom. The van der Waals surface area contributed by atoms with Crippen LogP contribution in [-0.4, -0.2) is 18.1 Å². The molecule has 0 aliphatic carbocycles. The molecular formula is C20H25NO2. The lowest BCUT2D eigenvalue weighted by Gasteiger charge is -2.19. The summed E-state index contributed by atoms with van der Waals surface area (Å²) in [5, 5.41) is 3.03. The number of hydrogen-bond acceptors (Lipinski definition) is 2. The fourth-order valence-corrected chi connectivity index (χ4v) is 2.39. The van der Waals surface area contributed by atoms with E-state index in [0.717, 1.165) is 24.2 Å². The number of para-hydroxylation sites is 1. The summed E-state index contributed by atoms with van der Waals surface area (Å²) in [6, 6.07) is 18.2. The van der Waals surface area contributed by atoms with Crippen molar-refractivity contribution in [3.8, 4) is 5.75 Å². The van der Waals surface area contributed by atoms with Crippen LogP contribution in [0.2, 0.25) is 0 Å². The number of carbonyl (C=O) groups excluding carboxylic acids is 1. The van der Waals surface area contributed by atoms with E-state index >= 15 is 0 Å². The molecule has 122 valence electrons. The highest BCUT2D eigenvalue weighted by Gasteiger charge is 2.17. The maximum absolute atomic E-state index is 12.2. The maximum Gasteiger partial charge on any atom is 0.260 e. The average molecular weight is 311 g/mol. The lowest BCUT2D eigenvalue weighted by Crippen LogP contribution is -2.41. The monoisotopic (exact) mass is 311 g/mol. The van der Waals surface area contributed by atoms with Gasteiger partial charge >= 0.3 is 0 Å². The normalized spacial score (nSPS) is 13.2. The topological polar surface area (TPSA) is 38.3 Å². The smallest absolute Gasteiger partial charge is 0.260 e. The summed E-state index contributed by atoms with van der Waals surface area (Å²) in [4.78, 5) is 12.2. The van der Waals surface area contributed by atoms with E-state index in [2.05, 4.69) is 17.4 Å². The highest BCUT2D eigenvalue weighted by molar-refractivity contribution is 5.81. The second-order valence-corrected chi connectivity index (χ2v) is 5.96. The molecular weight excluding hydrogens is 286 g/mol. The Hall–Kier alpha value is -2.29. The van der Waals surface area contributed by atoms with Gasteiger partial charge in [-0.15, -0.1) is 0 Å². The van der Waals surface area contributed by atoms with E-state index < -0.39 is 6.10 Å². The van der Waals surface area contributed by atoms with Crippen molar-refractivity contribution in [1.29, 1.82) is 0 Å². The van der Waals surface area contributed by atoms with Crippen LogP contribution < -0.4 is 10.1 Å². The minimum absolute atomic E-state index is 0.0752. The first kappa shape index (κ1) is 17.1. The van der Waals surface area contributed by atoms with Crippen molar-refractivity contribution in [3.05, 3.63) is 65.7 Å². The van der Waals surface area contributed by atoms with Gasteiger partial charge in [0.15, 0.2) is 6.10 Å². The Bertz CT molecular complexity index is 625. The molecule has 0 spiro atoms. The predicted octanol–water partition coefficient (Wildman–Crippen LogP) is 3.90. The zero-order valence-electron chi connectivity index (χ0n) is 14.1. The van der Waals surface area contributed by atoms with E-state index in [0.29, 0.717) is 0 Å². The third-order valence-corrected chi connectivity index (χ3v) is 3.86. The molecule has 1 amide bonds. The summed E-state index contributed by atoms with van der Waals surface area (Å²) >= 11 is 0. The van der Waals surface area contributed by atoms with Crippen molar-refractivity contribution in [2.24, 2.45) is 0 Å². The third-order valence-electron chi connectivity index (χ3n) is 3.86. The van der Waals surface area contributed by atoms with Crippen LogP contribution in [0, 0.1) is 6.92 Å². The van der Waals surface area contributed by atoms with E-state index in [-0.39, 0.29) is 11.9 Å². The zero-order chi connectivity index (χ0) is 16.7. The van der Waals surface area contributed by atoms with Gasteiger partial charge in [0.25, 0.3) is 5.91 Å². The molecule has 23 heavy (non-hydrogen) atoms. The molecule has 0 bridgehead atoms. The minimum atomic E-state index is -0.504. The number of carbonyl (C=O) groups is 1. The summed E-state index contributed by atoms with van der Waals surface area (Å²) < 4.78 is 5.76. The molecule has 0 heterocycles. The van der Waals surface area contributed by atoms with Gasteiger partial charge < -0.3 is 10.1 Å². The number of amides is 1. The average Bonchev–Trinajstić information content (AvgIpc) is 2.56. The molecule has 2 aromatic carbocycles. The summed E-state index contributed by atoms with van der Waals surface area (Å²) in [5.74, 6) is 0.681. The van der Waals surface area contributed by atoms with Crippen LogP contribution in [0.25, 0.3) is 0 Å². The van der Waals surface area contributed by atoms with Crippen molar-refractivity contribution in [2.75, 3.05) is 0 Å². The molecule has 2 aromatic rings. The van der Waals surface area contributed by atoms with Crippen LogP contribution in [0.5, 0.6) is 5.75 Å². The lowest BCUT2D eigenvalue weighted by molar-refractivity contribution is -0.127. The number of aryl methyl sites for hydroxylation is 2. The molecule has 0 aliphatic rings. The summed E-state index contributed by atoms with van der Waals surface area (Å²) in [6.45, 7) is 5.79. The molecule has 0 radical (unpaired) electrons. The maximum atomic E-state index is 12.2. The van der Waals surface area contributed by atoms with Crippen LogP contribution in [0.1, 0.15) is 31.4 Å². The number of benzene rings is 2. The van der Waals surface area contributed by atoms with Crippen molar-refractivity contribution in [3.63, 3.8) is 0 Å². The van der Waals surface area contributed by atoms with Gasteiger partial charge in [-0.3, -0.25) is 4.79 Å². The molecule has 0 fully saturated rings. The van der Waals surface area contributed by atoms with Gasteiger partial charge in [0.05, 0.1) is 0 Å². The van der Waals surface area contributed by atoms with Gasteiger partial charge in [-0.2, -0.15) is 0 Å². The SMILES string of the molecule is Cc1ccccc1O[C@@H](C)C(=O)N[C@H](C)CCc1ccccc1. The Labute approximate surface area is 138 Å². The van der Waals surface area contributed by atoms with Gasteiger partial charge in [-0.25, -0.2) is 0 Å². The van der Waals surface area contributed by atoms with Gasteiger partial charge in [-0.05, 0) is 50.8 Å². The van der Waals surface area contributed by atoms with Crippen LogP contribution >= 0.6 is 0 Å². The number of ether oxygens (including phenoxy) is 1. The number of nitrogens with one attached hydrogen (secondary N) is 1. The molecule has 0 aromatic heterocycles. The van der Waals surface area contributed by atoms with Crippen molar-refractivity contribution < 1.29 is 9.53 Å². The predicted molar refractivity (Wildman–Crippen MR) is 93.6 cm³/mol. The molecule has 3 nitrogen and oxygen atoms in total. The molecule has 0 unspecified atom stereocenters. The van der Waals surface area contributed by atoms with Crippen LogP contribution in [0.4, 0.5) is 0 Å². The van der Waals surface area contributed by atoms with Crippen molar-refractivity contribution >= 4 is 5.91 Å². The Morgan fingerprint density at radius 3 is 2.39 bits per heavy atom. The summed E-state index contributed by atoms with van der Waals surface area (Å²) in [5.41, 5.74) is 2.32. The number of rotatable bonds is 7. The van der Waals surface area contributed by atoms with Crippen molar-refractivity contribution in [2.45, 2.75) is 45.8 Å². The van der Waals surface area contributed by atoms with Gasteiger partial charge in [0.1, 0.15) is 5.75 Å². The quantitative estimate of drug-likeness (QED) is 0.842. The van der Waals surface area contributed by atoms with Crippen LogP contribution in [0.3, 0.4) is 0 Å². The van der Waals surface area contributed by atoms with Gasteiger partial charge in [0.2, 0.25) is 0 Å². The summed E-state index contributed by atoms with van der Waals surface area (Å²) in [6.07, 6.45) is 1.36. The first-order valence-electron chi connectivity index (χ1n) is 8.13. The standard InChI is InChI=1S/C20H25NO2/c1-15-9-7-8-12-19(15)23-17(3)20(22)21-16(2)13-14-18-10-5-4-6-11-18/h4-12,16-17H,13-14H2,1-3H3,(H,21,22)/t16-,17+/m1/s1. The highest BCUT2D eigenvalue weighted by atomic mass is 16.5. The largest absolute Gasteiger partial charge is 0.481 e. The molecule has 0 saturated heterocycles.